The predicted molar refractivity (Wildman–Crippen MR) is 152 cm³/mol. The first kappa shape index (κ1) is 32.9. The molecule has 2 rings (SSSR count). The Labute approximate surface area is 208 Å². The van der Waals surface area contributed by atoms with Crippen LogP contribution >= 0.6 is 11.8 Å². The van der Waals surface area contributed by atoms with Crippen LogP contribution in [0.15, 0.2) is 72.0 Å². The summed E-state index contributed by atoms with van der Waals surface area (Å²) >= 11 is 1.73. The highest BCUT2D eigenvalue weighted by molar-refractivity contribution is 8.03. The van der Waals surface area contributed by atoms with Crippen LogP contribution in [0.1, 0.15) is 66.4 Å². The van der Waals surface area contributed by atoms with Gasteiger partial charge >= 0.3 is 0 Å². The fourth-order valence-corrected chi connectivity index (χ4v) is 3.28. The summed E-state index contributed by atoms with van der Waals surface area (Å²) in [6.45, 7) is 20.6. The molecule has 2 heterocycles. The molecule has 0 saturated carbocycles. The van der Waals surface area contributed by atoms with E-state index in [1.54, 1.807) is 24.0 Å². The standard InChI is InChI=1S/C12H22N2.C9H11N3S.C4H8.C2H6/c1-6-9-11(4)13-12(8-3)14(5)10-7-2;1-10-9-12-8(6-13-9)7-3-2-4-11-5-7;1-3-4-2;1-2/h6,9H,1,7-8,10H2,2-5H3;2-6,9-10,12H,1H3;3H,1,4H2,2H3;1-2H3/b11-9+,13-12?;;;. The Kier molecular flexibility index (Phi) is 22.8. The second-order valence-corrected chi connectivity index (χ2v) is 7.75. The van der Waals surface area contributed by atoms with Crippen molar-refractivity contribution in [1.82, 2.24) is 20.5 Å². The largest absolute Gasteiger partial charge is 0.363 e. The normalized spacial score (nSPS) is 14.7. The van der Waals surface area contributed by atoms with Crippen LogP contribution in [0.25, 0.3) is 5.70 Å². The summed E-state index contributed by atoms with van der Waals surface area (Å²) in [7, 11) is 4.03. The molecular formula is C27H47N5S. The fourth-order valence-electron chi connectivity index (χ4n) is 2.47. The number of aliphatic imine (C=N–C) groups is 1. The first-order chi connectivity index (χ1) is 16.0. The zero-order valence-corrected chi connectivity index (χ0v) is 23.0. The van der Waals surface area contributed by atoms with Gasteiger partial charge in [0.05, 0.1) is 5.70 Å². The van der Waals surface area contributed by atoms with E-state index in [1.165, 1.54) is 0 Å². The summed E-state index contributed by atoms with van der Waals surface area (Å²) in [6, 6.07) is 3.99. The topological polar surface area (TPSA) is 52.5 Å². The van der Waals surface area contributed by atoms with Crippen molar-refractivity contribution in [3.8, 4) is 0 Å². The maximum Gasteiger partial charge on any atom is 0.129 e. The van der Waals surface area contributed by atoms with Crippen LogP contribution in [0.4, 0.5) is 0 Å². The molecule has 1 unspecified atom stereocenters. The van der Waals surface area contributed by atoms with Crippen molar-refractivity contribution in [2.75, 3.05) is 20.6 Å². The maximum absolute atomic E-state index is 4.54. The van der Waals surface area contributed by atoms with E-state index in [1.807, 2.05) is 58.3 Å². The molecule has 0 spiro atoms. The minimum absolute atomic E-state index is 0.287. The quantitative estimate of drug-likeness (QED) is 0.183. The Hall–Kier alpha value is -2.31. The molecule has 1 aliphatic rings. The molecule has 1 aromatic rings. The molecule has 6 heteroatoms. The van der Waals surface area contributed by atoms with E-state index in [0.29, 0.717) is 0 Å². The summed E-state index contributed by atoms with van der Waals surface area (Å²) in [5.74, 6) is 1.14. The molecule has 33 heavy (non-hydrogen) atoms. The van der Waals surface area contributed by atoms with Crippen molar-refractivity contribution in [1.29, 1.82) is 0 Å². The van der Waals surface area contributed by atoms with Gasteiger partial charge < -0.3 is 10.2 Å². The molecule has 0 saturated heterocycles. The van der Waals surface area contributed by atoms with Crippen LogP contribution in [0.2, 0.25) is 0 Å². The number of aromatic nitrogens is 1. The zero-order chi connectivity index (χ0) is 25.5. The van der Waals surface area contributed by atoms with Crippen molar-refractivity contribution in [3.63, 3.8) is 0 Å². The van der Waals surface area contributed by atoms with Gasteiger partial charge in [-0.2, -0.15) is 0 Å². The lowest BCUT2D eigenvalue weighted by molar-refractivity contribution is 0.491. The van der Waals surface area contributed by atoms with Crippen molar-refractivity contribution < 1.29 is 0 Å². The summed E-state index contributed by atoms with van der Waals surface area (Å²) in [5.41, 5.74) is 3.57. The first-order valence-electron chi connectivity index (χ1n) is 11.9. The van der Waals surface area contributed by atoms with Gasteiger partial charge in [-0.3, -0.25) is 10.3 Å². The monoisotopic (exact) mass is 473 g/mol. The Morgan fingerprint density at radius 3 is 2.39 bits per heavy atom. The highest BCUT2D eigenvalue weighted by Gasteiger charge is 2.14. The van der Waals surface area contributed by atoms with E-state index in [4.69, 9.17) is 0 Å². The van der Waals surface area contributed by atoms with Crippen LogP contribution < -0.4 is 10.6 Å². The lowest BCUT2D eigenvalue weighted by Gasteiger charge is -2.19. The van der Waals surface area contributed by atoms with Gasteiger partial charge in [-0.1, -0.05) is 65.1 Å². The number of amidine groups is 1. The molecular weight excluding hydrogens is 426 g/mol. The highest BCUT2D eigenvalue weighted by Crippen LogP contribution is 2.24. The van der Waals surface area contributed by atoms with Gasteiger partial charge in [-0.25, -0.2) is 4.99 Å². The van der Waals surface area contributed by atoms with E-state index in [9.17, 15) is 0 Å². The Morgan fingerprint density at radius 1 is 1.30 bits per heavy atom. The molecule has 5 nitrogen and oxygen atoms in total. The summed E-state index contributed by atoms with van der Waals surface area (Å²) < 4.78 is 0. The first-order valence-corrected chi connectivity index (χ1v) is 12.8. The Balaban J connectivity index is 0. The van der Waals surface area contributed by atoms with Gasteiger partial charge in [0, 0.05) is 43.7 Å². The van der Waals surface area contributed by atoms with Crippen LogP contribution in [0, 0.1) is 0 Å². The molecule has 186 valence electrons. The van der Waals surface area contributed by atoms with Gasteiger partial charge in [0.2, 0.25) is 0 Å². The molecule has 1 aromatic heterocycles. The number of nitrogens with one attached hydrogen (secondary N) is 2. The third kappa shape index (κ3) is 16.0. The zero-order valence-electron chi connectivity index (χ0n) is 22.2. The van der Waals surface area contributed by atoms with Gasteiger partial charge in [0.25, 0.3) is 0 Å². The lowest BCUT2D eigenvalue weighted by Crippen LogP contribution is -2.32. The number of thioether (sulfide) groups is 1. The number of hydrogen-bond donors (Lipinski definition) is 2. The van der Waals surface area contributed by atoms with Crippen LogP contribution in [-0.2, 0) is 0 Å². The highest BCUT2D eigenvalue weighted by atomic mass is 32.2. The third-order valence-corrected chi connectivity index (χ3v) is 5.11. The summed E-state index contributed by atoms with van der Waals surface area (Å²) in [4.78, 5) is 10.8. The molecule has 0 fully saturated rings. The number of rotatable bonds is 8. The van der Waals surface area contributed by atoms with E-state index >= 15 is 0 Å². The van der Waals surface area contributed by atoms with E-state index in [0.717, 1.165) is 48.6 Å². The molecule has 0 bridgehead atoms. The number of pyridine rings is 1. The molecule has 2 N–H and O–H groups in total. The molecule has 1 aliphatic heterocycles. The average Bonchev–Trinajstić information content (AvgIpc) is 3.35. The number of hydrogen-bond acceptors (Lipinski definition) is 5. The summed E-state index contributed by atoms with van der Waals surface area (Å²) in [6.07, 6.45) is 12.4. The second-order valence-electron chi connectivity index (χ2n) is 6.77. The van der Waals surface area contributed by atoms with Gasteiger partial charge in [0.15, 0.2) is 0 Å². The number of allylic oxidation sites excluding steroid dienone is 4. The van der Waals surface area contributed by atoms with Crippen LogP contribution in [0.5, 0.6) is 0 Å². The second kappa shape index (κ2) is 22.9. The molecule has 0 amide bonds. The predicted octanol–water partition coefficient (Wildman–Crippen LogP) is 7.05. The summed E-state index contributed by atoms with van der Waals surface area (Å²) in [5, 5.41) is 8.58. The molecule has 0 aromatic carbocycles. The van der Waals surface area contributed by atoms with E-state index in [-0.39, 0.29) is 5.50 Å². The smallest absolute Gasteiger partial charge is 0.129 e. The molecule has 0 aliphatic carbocycles. The minimum atomic E-state index is 0.287. The Bertz CT molecular complexity index is 710. The van der Waals surface area contributed by atoms with Gasteiger partial charge in [-0.05, 0) is 50.4 Å². The number of nitrogens with zero attached hydrogens (tertiary/aromatic N) is 3. The van der Waals surface area contributed by atoms with E-state index in [2.05, 4.69) is 71.9 Å². The van der Waals surface area contributed by atoms with Crippen molar-refractivity contribution >= 4 is 23.3 Å². The molecule has 1 atom stereocenters. The Morgan fingerprint density at radius 2 is 1.97 bits per heavy atom. The van der Waals surface area contributed by atoms with E-state index < -0.39 is 0 Å². The average molecular weight is 474 g/mol. The van der Waals surface area contributed by atoms with Gasteiger partial charge in [-0.15, -0.1) is 6.58 Å². The van der Waals surface area contributed by atoms with Crippen LogP contribution in [0.3, 0.4) is 0 Å². The fraction of sp³-hybridized carbons (Fsp3) is 0.481. The maximum atomic E-state index is 4.54. The van der Waals surface area contributed by atoms with Gasteiger partial charge in [0.1, 0.15) is 11.3 Å². The molecule has 0 radical (unpaired) electrons. The van der Waals surface area contributed by atoms with Crippen molar-refractivity contribution in [2.45, 2.75) is 66.3 Å². The minimum Gasteiger partial charge on any atom is -0.363 e. The van der Waals surface area contributed by atoms with Crippen molar-refractivity contribution in [2.24, 2.45) is 4.99 Å². The lowest BCUT2D eigenvalue weighted by atomic mass is 10.2. The SMILES string of the molecule is C=C/C=C(\C)N=C(CC)N(C)CCC.C=CCC.CC.CNC1NC(c2cccnc2)=CS1. The van der Waals surface area contributed by atoms with Crippen LogP contribution in [-0.4, -0.2) is 41.9 Å². The third-order valence-electron chi connectivity index (χ3n) is 4.11. The van der Waals surface area contributed by atoms with Crippen molar-refractivity contribution in [3.05, 3.63) is 72.6 Å².